The Kier molecular flexibility index (Phi) is 2.73. The molecule has 0 bridgehead atoms. The Morgan fingerprint density at radius 2 is 1.83 bits per heavy atom. The number of nitrogens with zero attached hydrogens (tertiary/aromatic N) is 2. The maximum atomic E-state index is 4.71. The van der Waals surface area contributed by atoms with Crippen LogP contribution in [0, 0.1) is 0 Å². The van der Waals surface area contributed by atoms with Crippen LogP contribution in [-0.4, -0.2) is 24.5 Å². The molecular formula is C20H16N2Se. The van der Waals surface area contributed by atoms with E-state index >= 15 is 0 Å². The summed E-state index contributed by atoms with van der Waals surface area (Å²) in [6, 6.07) is 17.9. The van der Waals surface area contributed by atoms with E-state index in [1.54, 1.807) is 0 Å². The molecule has 0 unspecified atom stereocenters. The zero-order valence-corrected chi connectivity index (χ0v) is 14.8. The van der Waals surface area contributed by atoms with Gasteiger partial charge in [0, 0.05) is 0 Å². The molecule has 3 heteroatoms. The summed E-state index contributed by atoms with van der Waals surface area (Å²) in [7, 11) is 0. The zero-order chi connectivity index (χ0) is 15.6. The predicted octanol–water partition coefficient (Wildman–Crippen LogP) is 3.27. The monoisotopic (exact) mass is 364 g/mol. The van der Waals surface area contributed by atoms with Crippen LogP contribution < -0.4 is 8.92 Å². The Morgan fingerprint density at radius 3 is 2.70 bits per heavy atom. The number of benzene rings is 2. The molecule has 0 atom stereocenters. The van der Waals surface area contributed by atoms with Crippen molar-refractivity contribution in [2.75, 3.05) is 0 Å². The van der Waals surface area contributed by atoms with Crippen molar-refractivity contribution in [1.29, 1.82) is 0 Å². The van der Waals surface area contributed by atoms with Crippen LogP contribution in [-0.2, 0) is 0 Å². The molecular weight excluding hydrogens is 347 g/mol. The zero-order valence-electron chi connectivity index (χ0n) is 13.1. The average Bonchev–Trinajstić information content (AvgIpc) is 2.92. The van der Waals surface area contributed by atoms with Gasteiger partial charge in [0.2, 0.25) is 0 Å². The van der Waals surface area contributed by atoms with Crippen LogP contribution in [0.1, 0.15) is 25.3 Å². The van der Waals surface area contributed by atoms with E-state index in [1.807, 2.05) is 12.3 Å². The molecule has 0 saturated carbocycles. The molecule has 2 nitrogen and oxygen atoms in total. The molecule has 1 aliphatic rings. The summed E-state index contributed by atoms with van der Waals surface area (Å²) < 4.78 is 5.29. The van der Waals surface area contributed by atoms with Gasteiger partial charge in [-0.25, -0.2) is 0 Å². The fourth-order valence-electron chi connectivity index (χ4n) is 3.45. The minimum atomic E-state index is 0.356. The first kappa shape index (κ1) is 13.4. The van der Waals surface area contributed by atoms with E-state index in [1.165, 1.54) is 36.5 Å². The number of rotatable bonds is 1. The van der Waals surface area contributed by atoms with E-state index in [2.05, 4.69) is 60.9 Å². The second kappa shape index (κ2) is 4.70. The van der Waals surface area contributed by atoms with E-state index in [-0.39, 0.29) is 0 Å². The molecule has 4 aromatic rings. The molecule has 0 spiro atoms. The van der Waals surface area contributed by atoms with Crippen molar-refractivity contribution in [2.45, 2.75) is 19.8 Å². The van der Waals surface area contributed by atoms with Gasteiger partial charge in [-0.3, -0.25) is 0 Å². The number of aromatic nitrogens is 2. The third kappa shape index (κ3) is 1.78. The van der Waals surface area contributed by atoms with Crippen LogP contribution in [0.4, 0.5) is 0 Å². The second-order valence-electron chi connectivity index (χ2n) is 6.35. The van der Waals surface area contributed by atoms with Gasteiger partial charge in [0.15, 0.2) is 0 Å². The second-order valence-corrected chi connectivity index (χ2v) is 8.62. The molecule has 0 N–H and O–H groups in total. The van der Waals surface area contributed by atoms with Gasteiger partial charge in [-0.15, -0.1) is 0 Å². The standard InChI is InChI=1S/C20H16N2Se/c1-12(2)13-8-9-17-16(11-13)22-19-14(5-3-7-18(19)23-17)15-6-4-10-21-20(15)22/h3-12H,1-2H3. The summed E-state index contributed by atoms with van der Waals surface area (Å²) in [5, 5.41) is 2.58. The molecule has 5 rings (SSSR count). The molecule has 2 aromatic carbocycles. The van der Waals surface area contributed by atoms with E-state index < -0.39 is 0 Å². The summed E-state index contributed by atoms with van der Waals surface area (Å²) in [5.74, 6) is 0.537. The SMILES string of the molecule is CC(C)c1ccc2c(c1)-n1c3ncccc3c3cccc(c31)[Se]2. The molecule has 0 aliphatic carbocycles. The van der Waals surface area contributed by atoms with Gasteiger partial charge in [-0.2, -0.15) is 0 Å². The number of para-hydroxylation sites is 1. The van der Waals surface area contributed by atoms with Gasteiger partial charge in [0.25, 0.3) is 0 Å². The van der Waals surface area contributed by atoms with E-state index in [0.717, 1.165) is 5.65 Å². The van der Waals surface area contributed by atoms with E-state index in [9.17, 15) is 0 Å². The molecule has 0 fully saturated rings. The molecule has 0 radical (unpaired) electrons. The summed E-state index contributed by atoms with van der Waals surface area (Å²) in [6.45, 7) is 4.51. The van der Waals surface area contributed by atoms with Crippen LogP contribution in [0.2, 0.25) is 0 Å². The third-order valence-electron chi connectivity index (χ3n) is 4.62. The number of fused-ring (bicyclic) bond motifs is 5. The van der Waals surface area contributed by atoms with Crippen LogP contribution in [0.5, 0.6) is 0 Å². The molecule has 0 saturated heterocycles. The fraction of sp³-hybridized carbons (Fsp3) is 0.150. The van der Waals surface area contributed by atoms with Crippen molar-refractivity contribution in [3.8, 4) is 5.69 Å². The molecule has 23 heavy (non-hydrogen) atoms. The van der Waals surface area contributed by atoms with E-state index in [0.29, 0.717) is 20.9 Å². The van der Waals surface area contributed by atoms with Crippen molar-refractivity contribution < 1.29 is 0 Å². The van der Waals surface area contributed by atoms with Crippen LogP contribution in [0.3, 0.4) is 0 Å². The molecule has 112 valence electrons. The van der Waals surface area contributed by atoms with Crippen LogP contribution in [0.15, 0.2) is 54.7 Å². The van der Waals surface area contributed by atoms with Gasteiger partial charge >= 0.3 is 141 Å². The van der Waals surface area contributed by atoms with Gasteiger partial charge in [0.05, 0.1) is 0 Å². The van der Waals surface area contributed by atoms with Crippen molar-refractivity contribution in [3.05, 3.63) is 60.3 Å². The Hall–Kier alpha value is -2.09. The number of hydrogen-bond acceptors (Lipinski definition) is 1. The van der Waals surface area contributed by atoms with Gasteiger partial charge < -0.3 is 0 Å². The molecule has 0 amide bonds. The van der Waals surface area contributed by atoms with Gasteiger partial charge in [-0.05, 0) is 0 Å². The van der Waals surface area contributed by atoms with Crippen molar-refractivity contribution in [2.24, 2.45) is 0 Å². The molecule has 3 heterocycles. The topological polar surface area (TPSA) is 17.8 Å². The Morgan fingerprint density at radius 1 is 0.957 bits per heavy atom. The minimum absolute atomic E-state index is 0.356. The average molecular weight is 363 g/mol. The maximum absolute atomic E-state index is 4.71. The first-order chi connectivity index (χ1) is 11.2. The quantitative estimate of drug-likeness (QED) is 0.418. The first-order valence-corrected chi connectivity index (χ1v) is 9.65. The van der Waals surface area contributed by atoms with Crippen LogP contribution >= 0.6 is 0 Å². The first-order valence-electron chi connectivity index (χ1n) is 7.94. The van der Waals surface area contributed by atoms with Crippen molar-refractivity contribution in [1.82, 2.24) is 9.55 Å². The molecule has 2 aromatic heterocycles. The summed E-state index contributed by atoms with van der Waals surface area (Å²) >= 11 is 0.356. The van der Waals surface area contributed by atoms with Gasteiger partial charge in [-0.1, -0.05) is 0 Å². The number of pyridine rings is 1. The van der Waals surface area contributed by atoms with Gasteiger partial charge in [0.1, 0.15) is 0 Å². The number of hydrogen-bond donors (Lipinski definition) is 0. The van der Waals surface area contributed by atoms with Crippen molar-refractivity contribution in [3.63, 3.8) is 0 Å². The fourth-order valence-corrected chi connectivity index (χ4v) is 5.70. The Balaban J connectivity index is 1.99. The summed E-state index contributed by atoms with van der Waals surface area (Å²) in [6.07, 6.45) is 1.90. The predicted molar refractivity (Wildman–Crippen MR) is 97.7 cm³/mol. The van der Waals surface area contributed by atoms with Crippen LogP contribution in [0.25, 0.3) is 27.6 Å². The summed E-state index contributed by atoms with van der Waals surface area (Å²) in [5.41, 5.74) is 5.15. The molecule has 1 aliphatic heterocycles. The Labute approximate surface area is 141 Å². The Bertz CT molecular complexity index is 1080. The third-order valence-corrected chi connectivity index (χ3v) is 6.96. The normalized spacial score (nSPS) is 13.0. The summed E-state index contributed by atoms with van der Waals surface area (Å²) in [4.78, 5) is 4.71. The van der Waals surface area contributed by atoms with Crippen molar-refractivity contribution >= 4 is 45.8 Å². The van der Waals surface area contributed by atoms with E-state index in [4.69, 9.17) is 4.98 Å².